The second-order valence-electron chi connectivity index (χ2n) is 7.45. The Labute approximate surface area is 175 Å². The lowest BCUT2D eigenvalue weighted by Gasteiger charge is -2.33. The largest absolute Gasteiger partial charge is 0.366 e. The Kier molecular flexibility index (Phi) is 5.79. The van der Waals surface area contributed by atoms with Gasteiger partial charge in [0, 0.05) is 54.9 Å². The summed E-state index contributed by atoms with van der Waals surface area (Å²) in [5.74, 6) is -0.307. The normalized spacial score (nSPS) is 16.3. The van der Waals surface area contributed by atoms with Gasteiger partial charge in [-0.1, -0.05) is 18.2 Å². The number of rotatable bonds is 5. The molecule has 7 nitrogen and oxygen atoms in total. The summed E-state index contributed by atoms with van der Waals surface area (Å²) in [6.07, 6.45) is 8.92. The zero-order valence-electron chi connectivity index (χ0n) is 16.6. The Bertz CT molecular complexity index is 1050. The third-order valence-electron chi connectivity index (χ3n) is 5.39. The molecule has 0 bridgehead atoms. The smallest absolute Gasteiger partial charge is 0.248 e. The molecule has 1 atom stereocenters. The minimum absolute atomic E-state index is 0.0810. The molecule has 0 aliphatic carbocycles. The summed E-state index contributed by atoms with van der Waals surface area (Å²) < 4.78 is 0. The molecule has 30 heavy (non-hydrogen) atoms. The molecule has 0 spiro atoms. The maximum Gasteiger partial charge on any atom is 0.248 e. The van der Waals surface area contributed by atoms with Crippen LogP contribution in [0.2, 0.25) is 0 Å². The van der Waals surface area contributed by atoms with Crippen LogP contribution < -0.4 is 5.73 Å². The summed E-state index contributed by atoms with van der Waals surface area (Å²) in [4.78, 5) is 39.5. The molecule has 1 saturated heterocycles. The first-order valence-electron chi connectivity index (χ1n) is 9.99. The quantitative estimate of drug-likeness (QED) is 0.708. The number of piperidine rings is 1. The van der Waals surface area contributed by atoms with Gasteiger partial charge in [-0.15, -0.1) is 0 Å². The maximum absolute atomic E-state index is 12.8. The van der Waals surface area contributed by atoms with Crippen molar-refractivity contribution < 1.29 is 9.59 Å². The van der Waals surface area contributed by atoms with E-state index < -0.39 is 5.91 Å². The van der Waals surface area contributed by atoms with Crippen LogP contribution in [0, 0.1) is 0 Å². The number of hydrogen-bond donors (Lipinski definition) is 1. The fraction of sp³-hybridized carbons (Fsp3) is 0.261. The topological polar surface area (TPSA) is 102 Å². The molecule has 1 fully saturated rings. The molecule has 0 unspecified atom stereocenters. The van der Waals surface area contributed by atoms with E-state index in [4.69, 9.17) is 5.73 Å². The maximum atomic E-state index is 12.8. The van der Waals surface area contributed by atoms with Gasteiger partial charge in [0.05, 0.1) is 17.8 Å². The van der Waals surface area contributed by atoms with Crippen molar-refractivity contribution in [1.29, 1.82) is 0 Å². The first-order valence-corrected chi connectivity index (χ1v) is 9.99. The van der Waals surface area contributed by atoms with Crippen molar-refractivity contribution >= 4 is 11.8 Å². The van der Waals surface area contributed by atoms with Crippen LogP contribution in [0.15, 0.2) is 61.2 Å². The van der Waals surface area contributed by atoms with Gasteiger partial charge in [0.15, 0.2) is 0 Å². The highest BCUT2D eigenvalue weighted by Gasteiger charge is 2.28. The van der Waals surface area contributed by atoms with Gasteiger partial charge >= 0.3 is 0 Å². The minimum Gasteiger partial charge on any atom is -0.366 e. The first kappa shape index (κ1) is 19.7. The van der Waals surface area contributed by atoms with Crippen molar-refractivity contribution in [1.82, 2.24) is 19.9 Å². The molecule has 3 heterocycles. The Hall–Kier alpha value is -3.61. The number of aromatic nitrogens is 3. The lowest BCUT2D eigenvalue weighted by Crippen LogP contribution is -2.40. The van der Waals surface area contributed by atoms with Gasteiger partial charge in [0.1, 0.15) is 0 Å². The van der Waals surface area contributed by atoms with Gasteiger partial charge in [-0.25, -0.2) is 0 Å². The number of benzene rings is 1. The SMILES string of the molecule is NC(=O)c1cccc(-c2nccnc2[C@@H]2CCCN(C(=O)Cc3cccnc3)C2)c1. The van der Waals surface area contributed by atoms with Crippen molar-refractivity contribution in [3.05, 3.63) is 78.0 Å². The summed E-state index contributed by atoms with van der Waals surface area (Å²) in [5, 5.41) is 0. The Balaban J connectivity index is 1.56. The highest BCUT2D eigenvalue weighted by molar-refractivity contribution is 5.94. The van der Waals surface area contributed by atoms with E-state index in [1.165, 1.54) is 0 Å². The third-order valence-corrected chi connectivity index (χ3v) is 5.39. The zero-order valence-corrected chi connectivity index (χ0v) is 16.6. The van der Waals surface area contributed by atoms with E-state index in [1.807, 2.05) is 23.1 Å². The molecule has 1 aromatic carbocycles. The molecule has 4 rings (SSSR count). The summed E-state index contributed by atoms with van der Waals surface area (Å²) >= 11 is 0. The number of hydrogen-bond acceptors (Lipinski definition) is 5. The Morgan fingerprint density at radius 3 is 2.77 bits per heavy atom. The molecule has 1 aliphatic heterocycles. The highest BCUT2D eigenvalue weighted by atomic mass is 16.2. The summed E-state index contributed by atoms with van der Waals surface area (Å²) in [7, 11) is 0. The van der Waals surface area contributed by atoms with Crippen molar-refractivity contribution in [3.8, 4) is 11.3 Å². The van der Waals surface area contributed by atoms with Crippen LogP contribution in [0.4, 0.5) is 0 Å². The lowest BCUT2D eigenvalue weighted by atomic mass is 9.91. The molecule has 3 aromatic rings. The zero-order chi connectivity index (χ0) is 20.9. The summed E-state index contributed by atoms with van der Waals surface area (Å²) in [6, 6.07) is 10.9. The number of carbonyl (C=O) groups is 2. The molecular formula is C23H23N5O2. The van der Waals surface area contributed by atoms with Crippen LogP contribution in [-0.2, 0) is 11.2 Å². The minimum atomic E-state index is -0.480. The number of likely N-dealkylation sites (tertiary alicyclic amines) is 1. The number of pyridine rings is 1. The molecule has 0 saturated carbocycles. The van der Waals surface area contributed by atoms with E-state index in [0.29, 0.717) is 18.5 Å². The van der Waals surface area contributed by atoms with E-state index in [-0.39, 0.29) is 11.8 Å². The van der Waals surface area contributed by atoms with E-state index in [2.05, 4.69) is 15.0 Å². The summed E-state index contributed by atoms with van der Waals surface area (Å²) in [6.45, 7) is 1.34. The molecule has 2 aromatic heterocycles. The number of nitrogens with two attached hydrogens (primary N) is 1. The van der Waals surface area contributed by atoms with Crippen LogP contribution >= 0.6 is 0 Å². The standard InChI is InChI=1S/C23H23N5O2/c24-23(30)18-6-1-5-17(13-18)21-22(27-10-9-26-21)19-7-3-11-28(15-19)20(29)12-16-4-2-8-25-14-16/h1-2,4-6,8-10,13-14,19H,3,7,11-12,15H2,(H2,24,30)/t19-/m1/s1. The number of nitrogens with zero attached hydrogens (tertiary/aromatic N) is 4. The molecule has 152 valence electrons. The second-order valence-corrected chi connectivity index (χ2v) is 7.45. The van der Waals surface area contributed by atoms with Crippen molar-refractivity contribution in [2.75, 3.05) is 13.1 Å². The van der Waals surface area contributed by atoms with Gasteiger partial charge in [-0.2, -0.15) is 0 Å². The van der Waals surface area contributed by atoms with Gasteiger partial charge in [-0.05, 0) is 36.6 Å². The van der Waals surface area contributed by atoms with Crippen molar-refractivity contribution in [2.45, 2.75) is 25.2 Å². The van der Waals surface area contributed by atoms with Crippen molar-refractivity contribution in [2.24, 2.45) is 5.73 Å². The van der Waals surface area contributed by atoms with Gasteiger partial charge in [0.25, 0.3) is 0 Å². The summed E-state index contributed by atoms with van der Waals surface area (Å²) in [5.41, 5.74) is 9.15. The van der Waals surface area contributed by atoms with E-state index in [9.17, 15) is 9.59 Å². The molecule has 0 radical (unpaired) electrons. The monoisotopic (exact) mass is 401 g/mol. The Morgan fingerprint density at radius 1 is 1.10 bits per heavy atom. The third kappa shape index (κ3) is 4.35. The predicted molar refractivity (Wildman–Crippen MR) is 112 cm³/mol. The number of amides is 2. The highest BCUT2D eigenvalue weighted by Crippen LogP contribution is 2.32. The second kappa shape index (κ2) is 8.82. The van der Waals surface area contributed by atoms with Gasteiger partial charge in [-0.3, -0.25) is 24.5 Å². The van der Waals surface area contributed by atoms with Crippen LogP contribution in [0.3, 0.4) is 0 Å². The molecule has 1 aliphatic rings. The number of carbonyl (C=O) groups excluding carboxylic acids is 2. The number of primary amides is 1. The lowest BCUT2D eigenvalue weighted by molar-refractivity contribution is -0.131. The fourth-order valence-electron chi connectivity index (χ4n) is 3.91. The first-order chi connectivity index (χ1) is 14.6. The van der Waals surface area contributed by atoms with Crippen LogP contribution in [0.5, 0.6) is 0 Å². The van der Waals surface area contributed by atoms with Gasteiger partial charge < -0.3 is 10.6 Å². The molecule has 2 N–H and O–H groups in total. The van der Waals surface area contributed by atoms with Crippen LogP contribution in [0.1, 0.15) is 40.4 Å². The average molecular weight is 401 g/mol. The fourth-order valence-corrected chi connectivity index (χ4v) is 3.91. The van der Waals surface area contributed by atoms with Crippen LogP contribution in [0.25, 0.3) is 11.3 Å². The predicted octanol–water partition coefficient (Wildman–Crippen LogP) is 2.59. The van der Waals surface area contributed by atoms with Crippen LogP contribution in [-0.4, -0.2) is 44.8 Å². The van der Waals surface area contributed by atoms with Gasteiger partial charge in [0.2, 0.25) is 11.8 Å². The molecule has 7 heteroatoms. The van der Waals surface area contributed by atoms with E-state index >= 15 is 0 Å². The van der Waals surface area contributed by atoms with E-state index in [1.54, 1.807) is 43.0 Å². The Morgan fingerprint density at radius 2 is 1.97 bits per heavy atom. The van der Waals surface area contributed by atoms with Crippen molar-refractivity contribution in [3.63, 3.8) is 0 Å². The molecular weight excluding hydrogens is 378 g/mol. The molecule has 2 amide bonds. The van der Waals surface area contributed by atoms with E-state index in [0.717, 1.165) is 41.9 Å². The average Bonchev–Trinajstić information content (AvgIpc) is 2.80.